The van der Waals surface area contributed by atoms with Crippen LogP contribution in [0.4, 0.5) is 13.2 Å². The molecule has 0 saturated carbocycles. The first-order valence-corrected chi connectivity index (χ1v) is 7.65. The second kappa shape index (κ2) is 7.21. The molecule has 0 amide bonds. The Morgan fingerprint density at radius 3 is 2.62 bits per heavy atom. The van der Waals surface area contributed by atoms with Crippen molar-refractivity contribution in [2.45, 2.75) is 24.0 Å². The van der Waals surface area contributed by atoms with E-state index in [1.165, 1.54) is 12.1 Å². The minimum atomic E-state index is -4.34. The summed E-state index contributed by atoms with van der Waals surface area (Å²) < 4.78 is 62.5. The summed E-state index contributed by atoms with van der Waals surface area (Å²) in [7, 11) is -3.78. The second-order valence-corrected chi connectivity index (χ2v) is 6.02. The van der Waals surface area contributed by atoms with Crippen LogP contribution >= 0.6 is 0 Å². The molecule has 120 valence electrons. The van der Waals surface area contributed by atoms with Gasteiger partial charge in [0.25, 0.3) is 0 Å². The number of primary sulfonamides is 1. The number of rotatable bonds is 7. The predicted molar refractivity (Wildman–Crippen MR) is 71.1 cm³/mol. The zero-order valence-electron chi connectivity index (χ0n) is 11.4. The first-order valence-electron chi connectivity index (χ1n) is 6.10. The number of nitrogens with two attached hydrogens (primary N) is 1. The molecular weight excluding hydrogens is 309 g/mol. The molecule has 0 aliphatic heterocycles. The van der Waals surface area contributed by atoms with E-state index in [2.05, 4.69) is 10.1 Å². The third kappa shape index (κ3) is 6.89. The maximum atomic E-state index is 11.8. The first-order chi connectivity index (χ1) is 9.59. The molecule has 3 N–H and O–H groups in total. The molecule has 0 fully saturated rings. The molecule has 0 spiro atoms. The summed E-state index contributed by atoms with van der Waals surface area (Å²) in [5, 5.41) is 7.97. The molecule has 0 radical (unpaired) electrons. The molecule has 0 heterocycles. The Kier molecular flexibility index (Phi) is 6.14. The third-order valence-corrected chi connectivity index (χ3v) is 3.56. The lowest BCUT2D eigenvalue weighted by Gasteiger charge is -2.15. The van der Waals surface area contributed by atoms with Crippen molar-refractivity contribution in [2.75, 3.05) is 19.8 Å². The van der Waals surface area contributed by atoms with Gasteiger partial charge in [-0.3, -0.25) is 0 Å². The summed E-state index contributed by atoms with van der Waals surface area (Å²) in [6.45, 7) is 0.575. The summed E-state index contributed by atoms with van der Waals surface area (Å²) in [4.78, 5) is -0.0121. The van der Waals surface area contributed by atoms with Crippen LogP contribution in [0.5, 0.6) is 0 Å². The maximum absolute atomic E-state index is 11.8. The van der Waals surface area contributed by atoms with Crippen molar-refractivity contribution in [3.63, 3.8) is 0 Å². The number of ether oxygens (including phenoxy) is 1. The Hall–Kier alpha value is -1.16. The molecule has 0 aromatic heterocycles. The number of nitrogens with one attached hydrogen (secondary N) is 1. The zero-order chi connectivity index (χ0) is 16.1. The fraction of sp³-hybridized carbons (Fsp3) is 0.500. The van der Waals surface area contributed by atoms with E-state index in [0.29, 0.717) is 5.56 Å². The van der Waals surface area contributed by atoms with E-state index in [1.807, 2.05) is 0 Å². The van der Waals surface area contributed by atoms with Gasteiger partial charge in [-0.25, -0.2) is 13.6 Å². The fourth-order valence-corrected chi connectivity index (χ4v) is 2.18. The van der Waals surface area contributed by atoms with Crippen LogP contribution in [0.25, 0.3) is 0 Å². The van der Waals surface area contributed by atoms with Crippen molar-refractivity contribution in [1.82, 2.24) is 5.32 Å². The fourth-order valence-electron chi connectivity index (χ4n) is 1.61. The maximum Gasteiger partial charge on any atom is 0.411 e. The normalized spacial score (nSPS) is 14.1. The average molecular weight is 326 g/mol. The Morgan fingerprint density at radius 1 is 1.38 bits per heavy atom. The Bertz CT molecular complexity index is 561. The van der Waals surface area contributed by atoms with Crippen LogP contribution in [0.15, 0.2) is 29.2 Å². The van der Waals surface area contributed by atoms with Crippen molar-refractivity contribution >= 4 is 10.0 Å². The molecule has 21 heavy (non-hydrogen) atoms. The Morgan fingerprint density at radius 2 is 2.05 bits per heavy atom. The highest BCUT2D eigenvalue weighted by Gasteiger charge is 2.27. The molecule has 1 atom stereocenters. The van der Waals surface area contributed by atoms with Crippen LogP contribution in [0.2, 0.25) is 0 Å². The highest BCUT2D eigenvalue weighted by Crippen LogP contribution is 2.17. The van der Waals surface area contributed by atoms with Crippen molar-refractivity contribution in [2.24, 2.45) is 5.14 Å². The van der Waals surface area contributed by atoms with E-state index in [-0.39, 0.29) is 24.1 Å². The SMILES string of the molecule is CC(NCCOCC(F)(F)F)c1cccc(S(N)(=O)=O)c1. The van der Waals surface area contributed by atoms with Crippen molar-refractivity contribution in [1.29, 1.82) is 0 Å². The number of halogens is 3. The van der Waals surface area contributed by atoms with Gasteiger partial charge in [0.1, 0.15) is 6.61 Å². The van der Waals surface area contributed by atoms with Gasteiger partial charge in [0, 0.05) is 12.6 Å². The predicted octanol–water partition coefficient (Wildman–Crippen LogP) is 1.56. The smallest absolute Gasteiger partial charge is 0.371 e. The van der Waals surface area contributed by atoms with Crippen LogP contribution < -0.4 is 10.5 Å². The standard InChI is InChI=1S/C12H17F3N2O3S/c1-9(17-5-6-20-8-12(13,14)15)10-3-2-4-11(7-10)21(16,18)19/h2-4,7,9,17H,5-6,8H2,1H3,(H2,16,18,19). The molecule has 0 aliphatic rings. The van der Waals surface area contributed by atoms with Crippen LogP contribution in [0, 0.1) is 0 Å². The third-order valence-electron chi connectivity index (χ3n) is 2.65. The molecule has 5 nitrogen and oxygen atoms in total. The zero-order valence-corrected chi connectivity index (χ0v) is 12.2. The van der Waals surface area contributed by atoms with Crippen LogP contribution in [-0.2, 0) is 14.8 Å². The first kappa shape index (κ1) is 17.9. The second-order valence-electron chi connectivity index (χ2n) is 4.46. The number of alkyl halides is 3. The molecule has 0 bridgehead atoms. The number of hydrogen-bond donors (Lipinski definition) is 2. The average Bonchev–Trinajstić information content (AvgIpc) is 2.36. The van der Waals surface area contributed by atoms with Gasteiger partial charge in [-0.05, 0) is 24.6 Å². The summed E-state index contributed by atoms with van der Waals surface area (Å²) in [5.41, 5.74) is 0.664. The van der Waals surface area contributed by atoms with Gasteiger partial charge in [0.15, 0.2) is 0 Å². The van der Waals surface area contributed by atoms with Crippen LogP contribution in [-0.4, -0.2) is 34.4 Å². The molecular formula is C12H17F3N2O3S. The van der Waals surface area contributed by atoms with Gasteiger partial charge >= 0.3 is 6.18 Å². The van der Waals surface area contributed by atoms with Gasteiger partial charge in [-0.1, -0.05) is 12.1 Å². The van der Waals surface area contributed by atoms with E-state index < -0.39 is 22.8 Å². The summed E-state index contributed by atoms with van der Waals surface area (Å²) in [5.74, 6) is 0. The number of hydrogen-bond acceptors (Lipinski definition) is 4. The molecule has 0 saturated heterocycles. The van der Waals surface area contributed by atoms with E-state index in [0.717, 1.165) is 0 Å². The largest absolute Gasteiger partial charge is 0.411 e. The quantitative estimate of drug-likeness (QED) is 0.745. The topological polar surface area (TPSA) is 81.4 Å². The minimum Gasteiger partial charge on any atom is -0.371 e. The summed E-state index contributed by atoms with van der Waals surface area (Å²) in [6.07, 6.45) is -4.34. The molecule has 0 aliphatic carbocycles. The lowest BCUT2D eigenvalue weighted by atomic mass is 10.1. The highest BCUT2D eigenvalue weighted by molar-refractivity contribution is 7.89. The van der Waals surface area contributed by atoms with Gasteiger partial charge in [-0.2, -0.15) is 13.2 Å². The summed E-state index contributed by atoms with van der Waals surface area (Å²) >= 11 is 0. The number of sulfonamides is 1. The van der Waals surface area contributed by atoms with Crippen LogP contribution in [0.3, 0.4) is 0 Å². The van der Waals surface area contributed by atoms with E-state index in [1.54, 1.807) is 19.1 Å². The van der Waals surface area contributed by atoms with Crippen molar-refractivity contribution < 1.29 is 26.3 Å². The van der Waals surface area contributed by atoms with E-state index >= 15 is 0 Å². The molecule has 1 unspecified atom stereocenters. The molecule has 1 aromatic carbocycles. The van der Waals surface area contributed by atoms with E-state index in [9.17, 15) is 21.6 Å². The Balaban J connectivity index is 2.48. The van der Waals surface area contributed by atoms with Crippen molar-refractivity contribution in [3.05, 3.63) is 29.8 Å². The van der Waals surface area contributed by atoms with Crippen molar-refractivity contribution in [3.8, 4) is 0 Å². The Labute approximate surface area is 121 Å². The minimum absolute atomic E-state index is 0.0121. The lowest BCUT2D eigenvalue weighted by Crippen LogP contribution is -2.26. The lowest BCUT2D eigenvalue weighted by molar-refractivity contribution is -0.173. The molecule has 9 heteroatoms. The molecule has 1 aromatic rings. The van der Waals surface area contributed by atoms with Gasteiger partial charge < -0.3 is 10.1 Å². The van der Waals surface area contributed by atoms with Crippen LogP contribution in [0.1, 0.15) is 18.5 Å². The molecule has 1 rings (SSSR count). The number of benzene rings is 1. The monoisotopic (exact) mass is 326 g/mol. The van der Waals surface area contributed by atoms with E-state index in [4.69, 9.17) is 5.14 Å². The van der Waals surface area contributed by atoms with Gasteiger partial charge in [-0.15, -0.1) is 0 Å². The van der Waals surface area contributed by atoms with Gasteiger partial charge in [0.2, 0.25) is 10.0 Å². The summed E-state index contributed by atoms with van der Waals surface area (Å²) in [6, 6.07) is 5.79. The van der Waals surface area contributed by atoms with Gasteiger partial charge in [0.05, 0.1) is 11.5 Å². The highest BCUT2D eigenvalue weighted by atomic mass is 32.2.